The molecule has 0 radical (unpaired) electrons. The zero-order valence-corrected chi connectivity index (χ0v) is 12.7. The molecule has 1 N–H and O–H groups in total. The fraction of sp³-hybridized carbons (Fsp3) is 0.400. The summed E-state index contributed by atoms with van der Waals surface area (Å²) in [5.74, 6) is 0. The number of aromatic nitrogens is 2. The van der Waals surface area contributed by atoms with Gasteiger partial charge in [-0.2, -0.15) is 5.10 Å². The van der Waals surface area contributed by atoms with Crippen molar-refractivity contribution in [2.24, 2.45) is 0 Å². The SMILES string of the molecule is CCNC1CCCc2c1cnn2-c1ccc(Br)cc1. The minimum absolute atomic E-state index is 0.470. The third-order valence-corrected chi connectivity index (χ3v) is 4.23. The van der Waals surface area contributed by atoms with Crippen LogP contribution in [-0.4, -0.2) is 16.3 Å². The summed E-state index contributed by atoms with van der Waals surface area (Å²) in [4.78, 5) is 0. The highest BCUT2D eigenvalue weighted by Crippen LogP contribution is 2.31. The number of halogens is 1. The highest BCUT2D eigenvalue weighted by atomic mass is 79.9. The molecule has 100 valence electrons. The average Bonchev–Trinajstić information content (AvgIpc) is 2.85. The van der Waals surface area contributed by atoms with E-state index in [4.69, 9.17) is 0 Å². The van der Waals surface area contributed by atoms with E-state index in [1.807, 2.05) is 6.20 Å². The molecule has 1 heterocycles. The van der Waals surface area contributed by atoms with Gasteiger partial charge in [0.2, 0.25) is 0 Å². The summed E-state index contributed by atoms with van der Waals surface area (Å²) in [6.45, 7) is 3.17. The first-order chi connectivity index (χ1) is 9.29. The van der Waals surface area contributed by atoms with Gasteiger partial charge in [-0.15, -0.1) is 0 Å². The lowest BCUT2D eigenvalue weighted by Gasteiger charge is -2.23. The van der Waals surface area contributed by atoms with E-state index >= 15 is 0 Å². The first-order valence-electron chi connectivity index (χ1n) is 6.85. The van der Waals surface area contributed by atoms with Crippen molar-refractivity contribution in [3.63, 3.8) is 0 Å². The van der Waals surface area contributed by atoms with Crippen LogP contribution >= 0.6 is 15.9 Å². The van der Waals surface area contributed by atoms with Crippen LogP contribution in [-0.2, 0) is 6.42 Å². The fourth-order valence-corrected chi connectivity index (χ4v) is 3.08. The predicted molar refractivity (Wildman–Crippen MR) is 80.6 cm³/mol. The average molecular weight is 320 g/mol. The smallest absolute Gasteiger partial charge is 0.0649 e. The Morgan fingerprint density at radius 2 is 2.16 bits per heavy atom. The Morgan fingerprint density at radius 3 is 2.89 bits per heavy atom. The molecule has 2 aromatic rings. The topological polar surface area (TPSA) is 29.9 Å². The van der Waals surface area contributed by atoms with Gasteiger partial charge in [-0.05, 0) is 50.1 Å². The monoisotopic (exact) mass is 319 g/mol. The molecule has 3 rings (SSSR count). The van der Waals surface area contributed by atoms with E-state index in [1.54, 1.807) is 0 Å². The maximum Gasteiger partial charge on any atom is 0.0649 e. The van der Waals surface area contributed by atoms with Crippen LogP contribution in [0.25, 0.3) is 5.69 Å². The van der Waals surface area contributed by atoms with E-state index in [0.29, 0.717) is 6.04 Å². The van der Waals surface area contributed by atoms with Crippen molar-refractivity contribution in [1.29, 1.82) is 0 Å². The summed E-state index contributed by atoms with van der Waals surface area (Å²) in [5.41, 5.74) is 3.87. The summed E-state index contributed by atoms with van der Waals surface area (Å²) in [5, 5.41) is 8.15. The molecule has 1 aromatic heterocycles. The molecule has 1 aliphatic rings. The Hall–Kier alpha value is -1.13. The van der Waals surface area contributed by atoms with Crippen molar-refractivity contribution in [3.8, 4) is 5.69 Å². The maximum atomic E-state index is 4.59. The second kappa shape index (κ2) is 5.47. The Morgan fingerprint density at radius 1 is 1.37 bits per heavy atom. The van der Waals surface area contributed by atoms with Crippen molar-refractivity contribution in [2.45, 2.75) is 32.2 Å². The predicted octanol–water partition coefficient (Wildman–Crippen LogP) is 3.62. The molecule has 0 aliphatic heterocycles. The van der Waals surface area contributed by atoms with E-state index < -0.39 is 0 Å². The van der Waals surface area contributed by atoms with Gasteiger partial charge >= 0.3 is 0 Å². The van der Waals surface area contributed by atoms with Gasteiger partial charge in [-0.3, -0.25) is 0 Å². The standard InChI is InChI=1S/C15H18BrN3/c1-2-17-14-4-3-5-15-13(14)10-18-19(15)12-8-6-11(16)7-9-12/h6-10,14,17H,2-5H2,1H3. The van der Waals surface area contributed by atoms with Crippen molar-refractivity contribution < 1.29 is 0 Å². The molecule has 1 aliphatic carbocycles. The number of nitrogens with zero attached hydrogens (tertiary/aromatic N) is 2. The highest BCUT2D eigenvalue weighted by Gasteiger charge is 2.23. The zero-order chi connectivity index (χ0) is 13.2. The summed E-state index contributed by atoms with van der Waals surface area (Å²) in [6, 6.07) is 8.81. The van der Waals surface area contributed by atoms with Crippen LogP contribution in [0.3, 0.4) is 0 Å². The van der Waals surface area contributed by atoms with Crippen LogP contribution in [0.2, 0.25) is 0 Å². The second-order valence-corrected chi connectivity index (χ2v) is 5.85. The lowest BCUT2D eigenvalue weighted by Crippen LogP contribution is -2.24. The summed E-state index contributed by atoms with van der Waals surface area (Å²) < 4.78 is 3.19. The quantitative estimate of drug-likeness (QED) is 0.936. The number of rotatable bonds is 3. The van der Waals surface area contributed by atoms with E-state index in [2.05, 4.69) is 62.2 Å². The minimum Gasteiger partial charge on any atom is -0.310 e. The molecule has 0 fully saturated rings. The maximum absolute atomic E-state index is 4.59. The van der Waals surface area contributed by atoms with Crippen molar-refractivity contribution in [2.75, 3.05) is 6.54 Å². The minimum atomic E-state index is 0.470. The molecule has 1 unspecified atom stereocenters. The number of fused-ring (bicyclic) bond motifs is 1. The largest absolute Gasteiger partial charge is 0.310 e. The molecular formula is C15H18BrN3. The van der Waals surface area contributed by atoms with Gasteiger partial charge in [0.1, 0.15) is 0 Å². The van der Waals surface area contributed by atoms with Crippen LogP contribution in [0.4, 0.5) is 0 Å². The van der Waals surface area contributed by atoms with Gasteiger partial charge in [0.25, 0.3) is 0 Å². The van der Waals surface area contributed by atoms with Crippen LogP contribution in [0.15, 0.2) is 34.9 Å². The van der Waals surface area contributed by atoms with Gasteiger partial charge in [0.15, 0.2) is 0 Å². The van der Waals surface area contributed by atoms with E-state index in [-0.39, 0.29) is 0 Å². The second-order valence-electron chi connectivity index (χ2n) is 4.94. The summed E-state index contributed by atoms with van der Waals surface area (Å²) in [6.07, 6.45) is 5.59. The molecule has 3 nitrogen and oxygen atoms in total. The summed E-state index contributed by atoms with van der Waals surface area (Å²) in [7, 11) is 0. The molecule has 0 bridgehead atoms. The third kappa shape index (κ3) is 2.47. The van der Waals surface area contributed by atoms with E-state index in [0.717, 1.165) is 23.1 Å². The lowest BCUT2D eigenvalue weighted by molar-refractivity contribution is 0.467. The molecule has 0 amide bonds. The Balaban J connectivity index is 1.98. The molecular weight excluding hydrogens is 302 g/mol. The number of hydrogen-bond donors (Lipinski definition) is 1. The molecule has 0 saturated heterocycles. The van der Waals surface area contributed by atoms with Gasteiger partial charge < -0.3 is 5.32 Å². The molecule has 1 aromatic carbocycles. The van der Waals surface area contributed by atoms with Crippen LogP contribution < -0.4 is 5.32 Å². The van der Waals surface area contributed by atoms with Gasteiger partial charge in [-0.25, -0.2) is 4.68 Å². The number of benzene rings is 1. The van der Waals surface area contributed by atoms with Crippen LogP contribution in [0.5, 0.6) is 0 Å². The lowest BCUT2D eigenvalue weighted by atomic mass is 9.93. The molecule has 19 heavy (non-hydrogen) atoms. The molecule has 0 saturated carbocycles. The molecule has 4 heteroatoms. The summed E-state index contributed by atoms with van der Waals surface area (Å²) >= 11 is 3.47. The molecule has 1 atom stereocenters. The number of hydrogen-bond acceptors (Lipinski definition) is 2. The van der Waals surface area contributed by atoms with Crippen LogP contribution in [0, 0.1) is 0 Å². The Kier molecular flexibility index (Phi) is 3.71. The first-order valence-corrected chi connectivity index (χ1v) is 7.65. The highest BCUT2D eigenvalue weighted by molar-refractivity contribution is 9.10. The first kappa shape index (κ1) is 12.9. The number of nitrogens with one attached hydrogen (secondary N) is 1. The van der Waals surface area contributed by atoms with E-state index in [9.17, 15) is 0 Å². The normalized spacial score (nSPS) is 18.3. The fourth-order valence-electron chi connectivity index (χ4n) is 2.82. The van der Waals surface area contributed by atoms with Gasteiger partial charge in [0, 0.05) is 21.8 Å². The zero-order valence-electron chi connectivity index (χ0n) is 11.1. The van der Waals surface area contributed by atoms with Crippen LogP contribution in [0.1, 0.15) is 37.1 Å². The van der Waals surface area contributed by atoms with Gasteiger partial charge in [-0.1, -0.05) is 22.9 Å². The Labute approximate surface area is 122 Å². The van der Waals surface area contributed by atoms with Crippen molar-refractivity contribution in [3.05, 3.63) is 46.2 Å². The van der Waals surface area contributed by atoms with Gasteiger partial charge in [0.05, 0.1) is 11.9 Å². The Bertz CT molecular complexity index is 559. The van der Waals surface area contributed by atoms with Crippen molar-refractivity contribution in [1.82, 2.24) is 15.1 Å². The van der Waals surface area contributed by atoms with Crippen molar-refractivity contribution >= 4 is 15.9 Å². The van der Waals surface area contributed by atoms with E-state index in [1.165, 1.54) is 24.1 Å². The third-order valence-electron chi connectivity index (χ3n) is 3.70. The molecule has 0 spiro atoms.